The van der Waals surface area contributed by atoms with Crippen molar-refractivity contribution in [2.24, 2.45) is 7.05 Å². The van der Waals surface area contributed by atoms with Gasteiger partial charge in [0.05, 0.1) is 11.1 Å². The summed E-state index contributed by atoms with van der Waals surface area (Å²) in [5, 5.41) is 5.48. The van der Waals surface area contributed by atoms with Gasteiger partial charge in [0, 0.05) is 70.4 Å². The van der Waals surface area contributed by atoms with Crippen LogP contribution < -0.4 is 0 Å². The molecule has 3 aliphatic heterocycles. The number of likely N-dealkylation sites (tertiary alicyclic amines) is 1. The first kappa shape index (κ1) is 21.9. The van der Waals surface area contributed by atoms with Crippen molar-refractivity contribution in [2.45, 2.75) is 57.2 Å². The number of para-hydroxylation sites is 1. The zero-order valence-electron chi connectivity index (χ0n) is 19.8. The Hall–Kier alpha value is -1.96. The Morgan fingerprint density at radius 2 is 1.81 bits per heavy atom. The summed E-state index contributed by atoms with van der Waals surface area (Å²) in [7, 11) is 1.90. The summed E-state index contributed by atoms with van der Waals surface area (Å²) in [6.45, 7) is 11.6. The zero-order chi connectivity index (χ0) is 22.3. The third kappa shape index (κ3) is 4.06. The second kappa shape index (κ2) is 8.76. The lowest BCUT2D eigenvalue weighted by molar-refractivity contribution is -0.132. The van der Waals surface area contributed by atoms with E-state index < -0.39 is 0 Å². The smallest absolute Gasteiger partial charge is 0.275 e. The normalized spacial score (nSPS) is 25.1. The third-order valence-corrected chi connectivity index (χ3v) is 7.98. The molecule has 2 aromatic rings. The number of rotatable bonds is 3. The van der Waals surface area contributed by atoms with Crippen LogP contribution in [0.3, 0.4) is 0 Å². The number of hydrogen-bond donors (Lipinski definition) is 0. The number of aromatic nitrogens is 2. The van der Waals surface area contributed by atoms with Crippen molar-refractivity contribution in [2.75, 3.05) is 45.9 Å². The highest BCUT2D eigenvalue weighted by atomic mass is 16.5. The van der Waals surface area contributed by atoms with E-state index in [1.807, 2.05) is 40.9 Å². The first-order chi connectivity index (χ1) is 15.5. The van der Waals surface area contributed by atoms with E-state index in [2.05, 4.69) is 28.7 Å². The molecule has 32 heavy (non-hydrogen) atoms. The Kier molecular flexibility index (Phi) is 5.99. The van der Waals surface area contributed by atoms with Gasteiger partial charge >= 0.3 is 0 Å². The minimum Gasteiger partial charge on any atom is -0.375 e. The van der Waals surface area contributed by atoms with Crippen molar-refractivity contribution in [1.82, 2.24) is 24.5 Å². The van der Waals surface area contributed by atoms with Crippen LogP contribution in [0.1, 0.15) is 50.0 Å². The van der Waals surface area contributed by atoms with Crippen LogP contribution in [0.5, 0.6) is 0 Å². The highest BCUT2D eigenvalue weighted by molar-refractivity contribution is 6.04. The van der Waals surface area contributed by atoms with E-state index in [0.717, 1.165) is 69.4 Å². The van der Waals surface area contributed by atoms with Gasteiger partial charge in [-0.1, -0.05) is 18.2 Å². The molecular formula is C25H37N5O2. The van der Waals surface area contributed by atoms with E-state index in [9.17, 15) is 4.79 Å². The fraction of sp³-hybridized carbons (Fsp3) is 0.680. The Morgan fingerprint density at radius 3 is 2.53 bits per heavy atom. The Labute approximate surface area is 191 Å². The molecule has 174 valence electrons. The molecule has 1 unspecified atom stereocenters. The summed E-state index contributed by atoms with van der Waals surface area (Å²) < 4.78 is 8.21. The second-order valence-electron chi connectivity index (χ2n) is 10.1. The fourth-order valence-corrected chi connectivity index (χ4v) is 5.92. The summed E-state index contributed by atoms with van der Waals surface area (Å²) in [6.07, 6.45) is 4.08. The van der Waals surface area contributed by atoms with Gasteiger partial charge in [-0.05, 0) is 45.6 Å². The summed E-state index contributed by atoms with van der Waals surface area (Å²) in [5.41, 5.74) is 1.51. The van der Waals surface area contributed by atoms with Gasteiger partial charge in [0.1, 0.15) is 0 Å². The first-order valence-corrected chi connectivity index (χ1v) is 12.3. The van der Waals surface area contributed by atoms with Crippen LogP contribution in [0, 0.1) is 0 Å². The van der Waals surface area contributed by atoms with Crippen molar-refractivity contribution in [3.63, 3.8) is 0 Å². The molecule has 3 saturated heterocycles. The second-order valence-corrected chi connectivity index (χ2v) is 10.1. The Balaban J connectivity index is 1.21. The summed E-state index contributed by atoms with van der Waals surface area (Å²) in [4.78, 5) is 20.5. The lowest BCUT2D eigenvalue weighted by Gasteiger charge is -2.50. The van der Waals surface area contributed by atoms with Gasteiger partial charge in [0.25, 0.3) is 5.91 Å². The van der Waals surface area contributed by atoms with E-state index in [-0.39, 0.29) is 11.5 Å². The van der Waals surface area contributed by atoms with Gasteiger partial charge in [-0.15, -0.1) is 0 Å². The SMILES string of the molecule is CC(C)N1CCN(C2CCOC3(CCN(C(=O)c4nn(C)c5ccccc45)CC3)C2)CC1. The lowest BCUT2D eigenvalue weighted by Crippen LogP contribution is -2.58. The van der Waals surface area contributed by atoms with Crippen LogP contribution in [-0.4, -0.2) is 93.9 Å². The summed E-state index contributed by atoms with van der Waals surface area (Å²) in [6, 6.07) is 9.22. The Bertz CT molecular complexity index is 954. The quantitative estimate of drug-likeness (QED) is 0.736. The predicted molar refractivity (Wildman–Crippen MR) is 126 cm³/mol. The van der Waals surface area contributed by atoms with Gasteiger partial charge in [0.2, 0.25) is 0 Å². The molecule has 5 rings (SSSR count). The maximum atomic E-state index is 13.3. The highest BCUT2D eigenvalue weighted by Gasteiger charge is 2.43. The van der Waals surface area contributed by atoms with Crippen LogP contribution >= 0.6 is 0 Å². The molecule has 3 aliphatic rings. The number of piperazine rings is 1. The van der Waals surface area contributed by atoms with Crippen LogP contribution in [-0.2, 0) is 11.8 Å². The molecule has 0 saturated carbocycles. The van der Waals surface area contributed by atoms with Gasteiger partial charge < -0.3 is 9.64 Å². The number of piperidine rings is 1. The zero-order valence-corrected chi connectivity index (χ0v) is 19.8. The number of carbonyl (C=O) groups is 1. The van der Waals surface area contributed by atoms with Crippen LogP contribution in [0.25, 0.3) is 10.9 Å². The molecule has 0 aliphatic carbocycles. The number of ether oxygens (including phenoxy) is 1. The highest BCUT2D eigenvalue weighted by Crippen LogP contribution is 2.37. The van der Waals surface area contributed by atoms with Crippen molar-refractivity contribution in [3.8, 4) is 0 Å². The van der Waals surface area contributed by atoms with Gasteiger partial charge in [-0.3, -0.25) is 19.3 Å². The molecule has 1 aromatic heterocycles. The molecule has 7 heteroatoms. The van der Waals surface area contributed by atoms with E-state index in [1.165, 1.54) is 13.1 Å². The summed E-state index contributed by atoms with van der Waals surface area (Å²) in [5.74, 6) is 0.0498. The topological polar surface area (TPSA) is 53.8 Å². The maximum Gasteiger partial charge on any atom is 0.275 e. The number of benzene rings is 1. The molecule has 1 atom stereocenters. The van der Waals surface area contributed by atoms with E-state index in [4.69, 9.17) is 4.74 Å². The Morgan fingerprint density at radius 1 is 1.09 bits per heavy atom. The largest absolute Gasteiger partial charge is 0.375 e. The lowest BCUT2D eigenvalue weighted by atomic mass is 9.81. The number of amides is 1. The molecule has 4 heterocycles. The number of fused-ring (bicyclic) bond motifs is 1. The third-order valence-electron chi connectivity index (χ3n) is 7.98. The average Bonchev–Trinajstić information content (AvgIpc) is 3.16. The van der Waals surface area contributed by atoms with E-state index in [1.54, 1.807) is 0 Å². The maximum absolute atomic E-state index is 13.3. The number of hydrogen-bond acceptors (Lipinski definition) is 5. The number of aryl methyl sites for hydroxylation is 1. The minimum absolute atomic E-state index is 0.0498. The monoisotopic (exact) mass is 439 g/mol. The number of nitrogens with zero attached hydrogens (tertiary/aromatic N) is 5. The van der Waals surface area contributed by atoms with Crippen molar-refractivity contribution < 1.29 is 9.53 Å². The van der Waals surface area contributed by atoms with E-state index in [0.29, 0.717) is 17.8 Å². The van der Waals surface area contributed by atoms with Crippen molar-refractivity contribution >= 4 is 16.8 Å². The molecule has 0 N–H and O–H groups in total. The van der Waals surface area contributed by atoms with Crippen LogP contribution in [0.2, 0.25) is 0 Å². The van der Waals surface area contributed by atoms with Crippen LogP contribution in [0.4, 0.5) is 0 Å². The molecule has 0 bridgehead atoms. The van der Waals surface area contributed by atoms with E-state index >= 15 is 0 Å². The molecule has 1 amide bonds. The van der Waals surface area contributed by atoms with Gasteiger partial charge in [-0.2, -0.15) is 5.10 Å². The van der Waals surface area contributed by atoms with Gasteiger partial charge in [-0.25, -0.2) is 0 Å². The predicted octanol–water partition coefficient (Wildman–Crippen LogP) is 2.75. The standard InChI is InChI=1S/C25H37N5O2/c1-19(2)28-13-15-29(16-14-28)20-8-17-32-25(18-20)9-11-30(12-10-25)24(31)23-21-6-4-5-7-22(21)27(3)26-23/h4-7,19-20H,8-18H2,1-3H3. The average molecular weight is 440 g/mol. The molecule has 1 spiro atoms. The molecule has 3 fully saturated rings. The minimum atomic E-state index is -0.0684. The van der Waals surface area contributed by atoms with Crippen molar-refractivity contribution in [3.05, 3.63) is 30.0 Å². The number of carbonyl (C=O) groups excluding carboxylic acids is 1. The van der Waals surface area contributed by atoms with Crippen molar-refractivity contribution in [1.29, 1.82) is 0 Å². The molecular weight excluding hydrogens is 402 g/mol. The molecule has 7 nitrogen and oxygen atoms in total. The first-order valence-electron chi connectivity index (χ1n) is 12.3. The molecule has 1 aromatic carbocycles. The fourth-order valence-electron chi connectivity index (χ4n) is 5.92. The van der Waals surface area contributed by atoms with Gasteiger partial charge in [0.15, 0.2) is 5.69 Å². The summed E-state index contributed by atoms with van der Waals surface area (Å²) >= 11 is 0. The molecule has 0 radical (unpaired) electrons. The van der Waals surface area contributed by atoms with Crippen LogP contribution in [0.15, 0.2) is 24.3 Å².